The third-order valence-corrected chi connectivity index (χ3v) is 6.09. The van der Waals surface area contributed by atoms with Gasteiger partial charge in [0.2, 0.25) is 0 Å². The number of piperidine rings is 1. The molecule has 0 unspecified atom stereocenters. The minimum absolute atomic E-state index is 0.0239. The summed E-state index contributed by atoms with van der Waals surface area (Å²) in [5, 5.41) is 2.78. The molecule has 5 heteroatoms. The van der Waals surface area contributed by atoms with Crippen LogP contribution in [0.3, 0.4) is 0 Å². The molecule has 25 heavy (non-hydrogen) atoms. The van der Waals surface area contributed by atoms with Crippen LogP contribution in [0, 0.1) is 6.92 Å². The third-order valence-electron chi connectivity index (χ3n) is 5.22. The van der Waals surface area contributed by atoms with E-state index in [1.807, 2.05) is 12.1 Å². The number of nitrogens with one attached hydrogen (secondary N) is 1. The Balaban J connectivity index is 1.72. The molecule has 0 spiro atoms. The lowest BCUT2D eigenvalue weighted by Gasteiger charge is -2.32. The van der Waals surface area contributed by atoms with Crippen LogP contribution in [0.4, 0.5) is 0 Å². The summed E-state index contributed by atoms with van der Waals surface area (Å²) in [6.45, 7) is 6.15. The fourth-order valence-electron chi connectivity index (χ4n) is 3.73. The molecule has 1 aromatic carbocycles. The van der Waals surface area contributed by atoms with Crippen molar-refractivity contribution in [1.29, 1.82) is 0 Å². The van der Waals surface area contributed by atoms with E-state index in [1.54, 1.807) is 11.3 Å². The SMILES string of the molecule is Cc1ccccc1-c1csc2nc(CN3CCCC[C@H]3C)[nH]c(=O)c12. The lowest BCUT2D eigenvalue weighted by Crippen LogP contribution is -2.37. The van der Waals surface area contributed by atoms with Gasteiger partial charge in [-0.3, -0.25) is 9.69 Å². The first kappa shape index (κ1) is 16.5. The number of thiophene rings is 1. The third kappa shape index (κ3) is 3.14. The van der Waals surface area contributed by atoms with Gasteiger partial charge in [-0.05, 0) is 44.4 Å². The van der Waals surface area contributed by atoms with Crippen molar-refractivity contribution >= 4 is 21.6 Å². The Hall–Kier alpha value is -1.98. The summed E-state index contributed by atoms with van der Waals surface area (Å²) < 4.78 is 0. The summed E-state index contributed by atoms with van der Waals surface area (Å²) in [4.78, 5) is 23.8. The Morgan fingerprint density at radius 3 is 2.92 bits per heavy atom. The highest BCUT2D eigenvalue weighted by molar-refractivity contribution is 7.17. The van der Waals surface area contributed by atoms with Gasteiger partial charge in [-0.2, -0.15) is 0 Å². The molecule has 130 valence electrons. The first-order valence-corrected chi connectivity index (χ1v) is 9.82. The Labute approximate surface area is 151 Å². The molecule has 1 saturated heterocycles. The van der Waals surface area contributed by atoms with Gasteiger partial charge in [0.05, 0.1) is 11.9 Å². The normalized spacial score (nSPS) is 18.7. The maximum atomic E-state index is 12.8. The smallest absolute Gasteiger partial charge is 0.260 e. The van der Waals surface area contributed by atoms with Crippen molar-refractivity contribution in [2.75, 3.05) is 6.54 Å². The molecule has 2 aromatic heterocycles. The summed E-state index contributed by atoms with van der Waals surface area (Å²) in [6, 6.07) is 8.74. The zero-order chi connectivity index (χ0) is 17.4. The zero-order valence-corrected chi connectivity index (χ0v) is 15.5. The van der Waals surface area contributed by atoms with Crippen molar-refractivity contribution in [2.24, 2.45) is 0 Å². The van der Waals surface area contributed by atoms with Gasteiger partial charge in [-0.25, -0.2) is 4.98 Å². The Morgan fingerprint density at radius 2 is 2.12 bits per heavy atom. The average Bonchev–Trinajstić information content (AvgIpc) is 3.02. The number of likely N-dealkylation sites (tertiary alicyclic amines) is 1. The van der Waals surface area contributed by atoms with E-state index in [-0.39, 0.29) is 5.56 Å². The van der Waals surface area contributed by atoms with Gasteiger partial charge in [-0.1, -0.05) is 30.7 Å². The highest BCUT2D eigenvalue weighted by Gasteiger charge is 2.20. The number of aromatic nitrogens is 2. The molecule has 4 nitrogen and oxygen atoms in total. The second-order valence-corrected chi connectivity index (χ2v) is 7.83. The molecule has 1 fully saturated rings. The Bertz CT molecular complexity index is 959. The summed E-state index contributed by atoms with van der Waals surface area (Å²) in [5.74, 6) is 0.782. The predicted molar refractivity (Wildman–Crippen MR) is 104 cm³/mol. The van der Waals surface area contributed by atoms with Crippen molar-refractivity contribution in [2.45, 2.75) is 45.7 Å². The Morgan fingerprint density at radius 1 is 1.28 bits per heavy atom. The summed E-state index contributed by atoms with van der Waals surface area (Å²) in [7, 11) is 0. The highest BCUT2D eigenvalue weighted by Crippen LogP contribution is 2.32. The maximum Gasteiger partial charge on any atom is 0.260 e. The number of aromatic amines is 1. The molecule has 3 heterocycles. The number of nitrogens with zero attached hydrogens (tertiary/aromatic N) is 2. The van der Waals surface area contributed by atoms with Crippen molar-refractivity contribution in [3.8, 4) is 11.1 Å². The van der Waals surface area contributed by atoms with Crippen LogP contribution in [-0.4, -0.2) is 27.5 Å². The van der Waals surface area contributed by atoms with Crippen molar-refractivity contribution in [3.63, 3.8) is 0 Å². The largest absolute Gasteiger partial charge is 0.309 e. The maximum absolute atomic E-state index is 12.8. The first-order chi connectivity index (χ1) is 12.1. The van der Waals surface area contributed by atoms with Crippen LogP contribution >= 0.6 is 11.3 Å². The number of fused-ring (bicyclic) bond motifs is 1. The minimum atomic E-state index is -0.0239. The fraction of sp³-hybridized carbons (Fsp3) is 0.400. The van der Waals surface area contributed by atoms with Gasteiger partial charge in [0, 0.05) is 17.0 Å². The average molecular weight is 353 g/mol. The molecular weight excluding hydrogens is 330 g/mol. The van der Waals surface area contributed by atoms with Crippen LogP contribution in [0.2, 0.25) is 0 Å². The molecule has 0 bridgehead atoms. The van der Waals surface area contributed by atoms with Crippen LogP contribution in [0.15, 0.2) is 34.4 Å². The van der Waals surface area contributed by atoms with E-state index in [2.05, 4.69) is 41.2 Å². The van der Waals surface area contributed by atoms with E-state index in [4.69, 9.17) is 4.98 Å². The zero-order valence-electron chi connectivity index (χ0n) is 14.7. The second-order valence-electron chi connectivity index (χ2n) is 6.97. The first-order valence-electron chi connectivity index (χ1n) is 8.94. The van der Waals surface area contributed by atoms with Gasteiger partial charge in [0.25, 0.3) is 5.56 Å². The monoisotopic (exact) mass is 353 g/mol. The summed E-state index contributed by atoms with van der Waals surface area (Å²) >= 11 is 1.56. The molecular formula is C20H23N3OS. The standard InChI is InChI=1S/C20H23N3OS/c1-13-7-3-4-9-15(13)16-12-25-20-18(16)19(24)21-17(22-20)11-23-10-6-5-8-14(23)2/h3-4,7,9,12,14H,5-6,8,10-11H2,1-2H3,(H,21,22,24)/t14-/m1/s1. The van der Waals surface area contributed by atoms with Gasteiger partial charge in [0.15, 0.2) is 0 Å². The number of rotatable bonds is 3. The molecule has 4 rings (SSSR count). The molecule has 1 aliphatic heterocycles. The summed E-state index contributed by atoms with van der Waals surface area (Å²) in [6.07, 6.45) is 3.75. The van der Waals surface area contributed by atoms with Crippen molar-refractivity contribution in [1.82, 2.24) is 14.9 Å². The van der Waals surface area contributed by atoms with Crippen LogP contribution in [0.5, 0.6) is 0 Å². The number of benzene rings is 1. The van der Waals surface area contributed by atoms with Gasteiger partial charge in [-0.15, -0.1) is 11.3 Å². The van der Waals surface area contributed by atoms with E-state index in [1.165, 1.54) is 24.8 Å². The number of aryl methyl sites for hydroxylation is 1. The molecule has 0 saturated carbocycles. The van der Waals surface area contributed by atoms with Crippen molar-refractivity contribution in [3.05, 3.63) is 51.4 Å². The van der Waals surface area contributed by atoms with Gasteiger partial charge >= 0.3 is 0 Å². The number of H-pyrrole nitrogens is 1. The van der Waals surface area contributed by atoms with Crippen LogP contribution < -0.4 is 5.56 Å². The van der Waals surface area contributed by atoms with Crippen LogP contribution in [0.25, 0.3) is 21.3 Å². The van der Waals surface area contributed by atoms with E-state index >= 15 is 0 Å². The molecule has 1 atom stereocenters. The minimum Gasteiger partial charge on any atom is -0.309 e. The quantitative estimate of drug-likeness (QED) is 0.762. The number of hydrogen-bond donors (Lipinski definition) is 1. The molecule has 0 aliphatic carbocycles. The van der Waals surface area contributed by atoms with Crippen molar-refractivity contribution < 1.29 is 0 Å². The molecule has 3 aromatic rings. The topological polar surface area (TPSA) is 49.0 Å². The second kappa shape index (κ2) is 6.73. The molecule has 1 aliphatic rings. The molecule has 0 amide bonds. The van der Waals surface area contributed by atoms with Crippen LogP contribution in [0.1, 0.15) is 37.6 Å². The van der Waals surface area contributed by atoms with E-state index < -0.39 is 0 Å². The lowest BCUT2D eigenvalue weighted by atomic mass is 10.0. The summed E-state index contributed by atoms with van der Waals surface area (Å²) in [5.41, 5.74) is 3.25. The molecule has 0 radical (unpaired) electrons. The van der Waals surface area contributed by atoms with Gasteiger partial charge < -0.3 is 4.98 Å². The molecule has 1 N–H and O–H groups in total. The predicted octanol–water partition coefficient (Wildman–Crippen LogP) is 4.33. The Kier molecular flexibility index (Phi) is 4.44. The fourth-order valence-corrected chi connectivity index (χ4v) is 4.68. The highest BCUT2D eigenvalue weighted by atomic mass is 32.1. The van der Waals surface area contributed by atoms with E-state index in [0.29, 0.717) is 6.04 Å². The van der Waals surface area contributed by atoms with E-state index in [9.17, 15) is 4.79 Å². The number of hydrogen-bond acceptors (Lipinski definition) is 4. The lowest BCUT2D eigenvalue weighted by molar-refractivity contribution is 0.149. The van der Waals surface area contributed by atoms with Crippen LogP contribution in [-0.2, 0) is 6.54 Å². The van der Waals surface area contributed by atoms with Gasteiger partial charge in [0.1, 0.15) is 10.7 Å². The van der Waals surface area contributed by atoms with E-state index in [0.717, 1.165) is 40.3 Å².